The first-order valence-corrected chi connectivity index (χ1v) is 9.04. The summed E-state index contributed by atoms with van der Waals surface area (Å²) in [5, 5.41) is 23.2. The second-order valence-corrected chi connectivity index (χ2v) is 6.51. The van der Waals surface area contributed by atoms with Crippen LogP contribution in [0.5, 0.6) is 0 Å². The Balaban J connectivity index is 2.13. The fourth-order valence-electron chi connectivity index (χ4n) is 3.27. The van der Waals surface area contributed by atoms with Crippen LogP contribution in [-0.2, 0) is 20.6 Å². The zero-order valence-electron chi connectivity index (χ0n) is 16.4. The quantitative estimate of drug-likeness (QED) is 0.241. The molecule has 1 aromatic heterocycles. The topological polar surface area (TPSA) is 127 Å². The van der Waals surface area contributed by atoms with Gasteiger partial charge in [0.05, 0.1) is 28.9 Å². The van der Waals surface area contributed by atoms with Crippen LogP contribution in [0, 0.1) is 20.2 Å². The van der Waals surface area contributed by atoms with Crippen LogP contribution >= 0.6 is 0 Å². The summed E-state index contributed by atoms with van der Waals surface area (Å²) < 4.78 is 12.0. The number of nitro benzene ring substituents is 2. The summed E-state index contributed by atoms with van der Waals surface area (Å²) in [5.74, 6) is -0.354. The lowest BCUT2D eigenvalue weighted by Crippen LogP contribution is -2.08. The van der Waals surface area contributed by atoms with E-state index in [0.717, 1.165) is 22.5 Å². The number of aromatic nitrogens is 1. The number of nitrogens with zero attached hydrogens (tertiary/aromatic N) is 3. The number of non-ortho nitro benzene ring substituents is 2. The number of hydrogen-bond acceptors (Lipinski definition) is 7. The number of ether oxygens (including phenoxy) is 1. The molecule has 11 heteroatoms. The smallest absolute Gasteiger partial charge is 0.400 e. The van der Waals surface area contributed by atoms with Gasteiger partial charge in [0.15, 0.2) is 0 Å². The first-order chi connectivity index (χ1) is 14.3. The molecule has 0 aliphatic carbocycles. The van der Waals surface area contributed by atoms with E-state index in [0.29, 0.717) is 11.1 Å². The Morgan fingerprint density at radius 2 is 1.73 bits per heavy atom. The van der Waals surface area contributed by atoms with Crippen molar-refractivity contribution in [1.82, 2.24) is 4.48 Å². The molecule has 0 N–H and O–H groups in total. The maximum atomic E-state index is 11.9. The van der Waals surface area contributed by atoms with Crippen LogP contribution in [0.15, 0.2) is 42.6 Å². The molecule has 0 radical (unpaired) electrons. The molecule has 0 saturated carbocycles. The lowest BCUT2D eigenvalue weighted by atomic mass is 10.0. The third-order valence-corrected chi connectivity index (χ3v) is 4.53. The van der Waals surface area contributed by atoms with Crippen molar-refractivity contribution in [2.75, 3.05) is 13.7 Å². The maximum absolute atomic E-state index is 11.9. The molecule has 0 unspecified atom stereocenters. The predicted octanol–water partition coefficient (Wildman–Crippen LogP) is 2.99. The first-order valence-electron chi connectivity index (χ1n) is 9.04. The maximum Gasteiger partial charge on any atom is 0.400 e. The van der Waals surface area contributed by atoms with Crippen LogP contribution in [0.4, 0.5) is 11.4 Å². The molecule has 0 fully saturated rings. The van der Waals surface area contributed by atoms with Crippen LogP contribution in [0.1, 0.15) is 12.5 Å². The standard InChI is InChI=1S/C19H18BN3O7/c1-3-30-19(24)9-14-11-21(20-29-2)18-8-12(4-5-17(14)18)13-6-15(22(25)26)10-16(7-13)23(27)28/h4-8,10-11,20H,3,9H2,1-2H3. The molecule has 0 amide bonds. The fourth-order valence-corrected chi connectivity index (χ4v) is 3.27. The number of nitro groups is 2. The molecule has 0 aliphatic rings. The highest BCUT2D eigenvalue weighted by Crippen LogP contribution is 2.32. The van der Waals surface area contributed by atoms with Gasteiger partial charge in [0, 0.05) is 30.1 Å². The number of hydrogen-bond donors (Lipinski definition) is 0. The minimum absolute atomic E-state index is 0.0860. The Bertz CT molecular complexity index is 1110. The van der Waals surface area contributed by atoms with Gasteiger partial charge >= 0.3 is 13.6 Å². The van der Waals surface area contributed by atoms with E-state index in [4.69, 9.17) is 9.39 Å². The van der Waals surface area contributed by atoms with E-state index in [1.165, 1.54) is 19.2 Å². The molecule has 30 heavy (non-hydrogen) atoms. The number of fused-ring (bicyclic) bond motifs is 1. The molecule has 0 saturated heterocycles. The number of rotatable bonds is 8. The van der Waals surface area contributed by atoms with Gasteiger partial charge in [0.2, 0.25) is 0 Å². The Morgan fingerprint density at radius 3 is 2.30 bits per heavy atom. The van der Waals surface area contributed by atoms with E-state index >= 15 is 0 Å². The average Bonchev–Trinajstić information content (AvgIpc) is 3.04. The predicted molar refractivity (Wildman–Crippen MR) is 111 cm³/mol. The van der Waals surface area contributed by atoms with Crippen molar-refractivity contribution in [3.05, 3.63) is 68.4 Å². The highest BCUT2D eigenvalue weighted by atomic mass is 16.6. The fraction of sp³-hybridized carbons (Fsp3) is 0.211. The van der Waals surface area contributed by atoms with E-state index in [1.54, 1.807) is 35.8 Å². The molecule has 2 aromatic carbocycles. The van der Waals surface area contributed by atoms with Gasteiger partial charge < -0.3 is 13.9 Å². The van der Waals surface area contributed by atoms with Gasteiger partial charge in [-0.15, -0.1) is 0 Å². The molecule has 0 atom stereocenters. The minimum Gasteiger partial charge on any atom is -0.466 e. The van der Waals surface area contributed by atoms with Gasteiger partial charge in [-0.25, -0.2) is 0 Å². The highest BCUT2D eigenvalue weighted by molar-refractivity contribution is 6.28. The minimum atomic E-state index is -0.667. The molecular formula is C19H18BN3O7. The van der Waals surface area contributed by atoms with Gasteiger partial charge in [-0.2, -0.15) is 0 Å². The zero-order chi connectivity index (χ0) is 21.8. The molecule has 0 spiro atoms. The van der Waals surface area contributed by atoms with Crippen molar-refractivity contribution in [2.45, 2.75) is 13.3 Å². The highest BCUT2D eigenvalue weighted by Gasteiger charge is 2.19. The summed E-state index contributed by atoms with van der Waals surface area (Å²) >= 11 is 0. The molecule has 0 bridgehead atoms. The lowest BCUT2D eigenvalue weighted by molar-refractivity contribution is -0.394. The number of benzene rings is 2. The third-order valence-electron chi connectivity index (χ3n) is 4.53. The second kappa shape index (κ2) is 8.74. The van der Waals surface area contributed by atoms with E-state index in [2.05, 4.69) is 0 Å². The second-order valence-electron chi connectivity index (χ2n) is 6.51. The van der Waals surface area contributed by atoms with Gasteiger partial charge in [-0.1, -0.05) is 12.1 Å². The summed E-state index contributed by atoms with van der Waals surface area (Å²) in [4.78, 5) is 33.0. The van der Waals surface area contributed by atoms with Crippen molar-refractivity contribution in [1.29, 1.82) is 0 Å². The summed E-state index contributed by atoms with van der Waals surface area (Å²) in [6.07, 6.45) is 1.87. The molecule has 0 aliphatic heterocycles. The van der Waals surface area contributed by atoms with Gasteiger partial charge in [-0.3, -0.25) is 25.0 Å². The number of carbonyl (C=O) groups is 1. The van der Waals surface area contributed by atoms with Crippen molar-refractivity contribution in [2.24, 2.45) is 0 Å². The molecule has 154 valence electrons. The summed E-state index contributed by atoms with van der Waals surface area (Å²) in [6.45, 7) is 2.02. The first kappa shape index (κ1) is 21.0. The summed E-state index contributed by atoms with van der Waals surface area (Å²) in [7, 11) is 1.75. The number of esters is 1. The molecular weight excluding hydrogens is 393 g/mol. The number of carbonyl (C=O) groups excluding carboxylic acids is 1. The molecule has 3 aromatic rings. The monoisotopic (exact) mass is 411 g/mol. The Morgan fingerprint density at radius 1 is 1.07 bits per heavy atom. The largest absolute Gasteiger partial charge is 0.466 e. The third kappa shape index (κ3) is 4.30. The average molecular weight is 411 g/mol. The lowest BCUT2D eigenvalue weighted by Gasteiger charge is -2.06. The van der Waals surface area contributed by atoms with Crippen LogP contribution in [-0.4, -0.2) is 41.6 Å². The van der Waals surface area contributed by atoms with E-state index in [-0.39, 0.29) is 38.0 Å². The Labute approximate surface area is 171 Å². The van der Waals surface area contributed by atoms with Crippen molar-refractivity contribution < 1.29 is 24.0 Å². The van der Waals surface area contributed by atoms with Gasteiger partial charge in [-0.05, 0) is 35.9 Å². The van der Waals surface area contributed by atoms with Crippen molar-refractivity contribution in [3.63, 3.8) is 0 Å². The normalized spacial score (nSPS) is 10.7. The molecule has 3 rings (SSSR count). The summed E-state index contributed by atoms with van der Waals surface area (Å²) in [5.41, 5.74) is 1.64. The van der Waals surface area contributed by atoms with Crippen LogP contribution in [0.25, 0.3) is 22.0 Å². The zero-order valence-corrected chi connectivity index (χ0v) is 16.4. The van der Waals surface area contributed by atoms with Crippen molar-refractivity contribution >= 4 is 35.9 Å². The van der Waals surface area contributed by atoms with Gasteiger partial charge in [0.25, 0.3) is 11.4 Å². The molecule has 10 nitrogen and oxygen atoms in total. The van der Waals surface area contributed by atoms with Gasteiger partial charge in [0.1, 0.15) is 0 Å². The molecule has 1 heterocycles. The van der Waals surface area contributed by atoms with Crippen LogP contribution in [0.3, 0.4) is 0 Å². The Kier molecular flexibility index (Phi) is 6.12. The SMILES string of the molecule is CCOC(=O)Cc1cn(BOC)c2cc(-c3cc([N+](=O)[O-])cc([N+](=O)[O-])c3)ccc12. The van der Waals surface area contributed by atoms with Crippen molar-refractivity contribution in [3.8, 4) is 11.1 Å². The summed E-state index contributed by atoms with van der Waals surface area (Å²) in [6, 6.07) is 8.74. The van der Waals surface area contributed by atoms with Crippen LogP contribution in [0.2, 0.25) is 0 Å². The van der Waals surface area contributed by atoms with E-state index < -0.39 is 9.85 Å². The van der Waals surface area contributed by atoms with E-state index in [1.807, 2.05) is 0 Å². The Hall–Kier alpha value is -3.73. The van der Waals surface area contributed by atoms with Crippen LogP contribution < -0.4 is 0 Å². The van der Waals surface area contributed by atoms with E-state index in [9.17, 15) is 25.0 Å².